The lowest BCUT2D eigenvalue weighted by Crippen LogP contribution is -2.41. The zero-order valence-corrected chi connectivity index (χ0v) is 10.1. The first-order chi connectivity index (χ1) is 7.21. The van der Waals surface area contributed by atoms with Crippen molar-refractivity contribution in [3.63, 3.8) is 0 Å². The van der Waals surface area contributed by atoms with Gasteiger partial charge in [-0.2, -0.15) is 0 Å². The van der Waals surface area contributed by atoms with E-state index < -0.39 is 3.78 Å². The first kappa shape index (κ1) is 10.6. The molecule has 0 saturated heterocycles. The largest absolute Gasteiger partial charge is 0.360 e. The molecule has 1 atom stereocenters. The highest BCUT2D eigenvalue weighted by atomic mass is 79.9. The maximum absolute atomic E-state index is 11.9. The van der Waals surface area contributed by atoms with Crippen molar-refractivity contribution in [3.05, 3.63) is 41.9 Å². The Morgan fingerprint density at radius 3 is 2.73 bits per heavy atom. The summed E-state index contributed by atoms with van der Waals surface area (Å²) >= 11 is 4.73. The highest BCUT2D eigenvalue weighted by molar-refractivity contribution is 9.12. The number of carbonyl (C=O) groups excluding carboxylic acids is 1. The van der Waals surface area contributed by atoms with Crippen molar-refractivity contribution in [2.75, 3.05) is 5.32 Å². The molecule has 0 radical (unpaired) electrons. The van der Waals surface area contributed by atoms with Crippen LogP contribution in [0.2, 0.25) is 0 Å². The van der Waals surface area contributed by atoms with Crippen LogP contribution >= 0.6 is 27.7 Å². The van der Waals surface area contributed by atoms with Gasteiger partial charge in [-0.25, -0.2) is 0 Å². The quantitative estimate of drug-likeness (QED) is 0.648. The normalized spacial score (nSPS) is 23.5. The van der Waals surface area contributed by atoms with Gasteiger partial charge in [0.05, 0.1) is 0 Å². The summed E-state index contributed by atoms with van der Waals surface area (Å²) in [5.74, 6) is -0.122. The summed E-state index contributed by atoms with van der Waals surface area (Å²) in [6, 6.07) is 9.36. The Balaban J connectivity index is 2.04. The van der Waals surface area contributed by atoms with Gasteiger partial charge < -0.3 is 10.6 Å². The Kier molecular flexibility index (Phi) is 3.02. The Labute approximate surface area is 100 Å². The van der Waals surface area contributed by atoms with Crippen molar-refractivity contribution >= 4 is 39.3 Å². The number of hydrogen-bond acceptors (Lipinski definition) is 3. The first-order valence-electron chi connectivity index (χ1n) is 4.37. The average Bonchev–Trinajstić information content (AvgIpc) is 2.68. The third kappa shape index (κ3) is 2.35. The van der Waals surface area contributed by atoms with E-state index in [4.69, 9.17) is 0 Å². The van der Waals surface area contributed by atoms with Crippen molar-refractivity contribution in [1.29, 1.82) is 0 Å². The number of amides is 1. The van der Waals surface area contributed by atoms with E-state index in [-0.39, 0.29) is 5.91 Å². The van der Waals surface area contributed by atoms with Gasteiger partial charge in [-0.05, 0) is 33.5 Å². The van der Waals surface area contributed by atoms with E-state index in [0.717, 1.165) is 5.69 Å². The predicted molar refractivity (Wildman–Crippen MR) is 66.6 cm³/mol. The van der Waals surface area contributed by atoms with Crippen molar-refractivity contribution in [1.82, 2.24) is 5.32 Å². The van der Waals surface area contributed by atoms with Gasteiger partial charge in [0.1, 0.15) is 0 Å². The van der Waals surface area contributed by atoms with Crippen LogP contribution in [-0.4, -0.2) is 9.69 Å². The number of anilines is 1. The third-order valence-electron chi connectivity index (χ3n) is 1.89. The number of rotatable bonds is 2. The van der Waals surface area contributed by atoms with Crippen LogP contribution in [0.15, 0.2) is 41.9 Å². The number of nitrogens with one attached hydrogen (secondary N) is 2. The second-order valence-electron chi connectivity index (χ2n) is 2.98. The van der Waals surface area contributed by atoms with Gasteiger partial charge in [-0.1, -0.05) is 30.0 Å². The summed E-state index contributed by atoms with van der Waals surface area (Å²) in [5, 5.41) is 7.59. The molecule has 3 nitrogen and oxygen atoms in total. The molecule has 15 heavy (non-hydrogen) atoms. The van der Waals surface area contributed by atoms with Crippen LogP contribution < -0.4 is 10.6 Å². The first-order valence-corrected chi connectivity index (χ1v) is 6.04. The Bertz CT molecular complexity index is 386. The molecule has 1 amide bonds. The minimum absolute atomic E-state index is 0.122. The Morgan fingerprint density at radius 2 is 2.13 bits per heavy atom. The van der Waals surface area contributed by atoms with Gasteiger partial charge in [0.25, 0.3) is 5.91 Å². The fraction of sp³-hybridized carbons (Fsp3) is 0.100. The van der Waals surface area contributed by atoms with Crippen molar-refractivity contribution in [2.24, 2.45) is 0 Å². The average molecular weight is 285 g/mol. The summed E-state index contributed by atoms with van der Waals surface area (Å²) in [6.07, 6.45) is 1.74. The monoisotopic (exact) mass is 284 g/mol. The lowest BCUT2D eigenvalue weighted by Gasteiger charge is -2.20. The van der Waals surface area contributed by atoms with Gasteiger partial charge in [-0.3, -0.25) is 4.79 Å². The van der Waals surface area contributed by atoms with E-state index in [9.17, 15) is 4.79 Å². The Hall–Kier alpha value is -0.940. The van der Waals surface area contributed by atoms with Gasteiger partial charge in [-0.15, -0.1) is 0 Å². The molecule has 5 heteroatoms. The van der Waals surface area contributed by atoms with E-state index >= 15 is 0 Å². The molecule has 1 aromatic rings. The molecule has 1 aliphatic rings. The van der Waals surface area contributed by atoms with Gasteiger partial charge >= 0.3 is 0 Å². The molecule has 0 fully saturated rings. The lowest BCUT2D eigenvalue weighted by atomic mass is 10.3. The smallest absolute Gasteiger partial charge is 0.272 e. The zero-order valence-electron chi connectivity index (χ0n) is 7.74. The standard InChI is InChI=1S/C10H9BrN2OS/c11-10(12-6-7-15-10)9(14)13-8-4-2-1-3-5-8/h1-7,12H,(H,13,14). The number of halogens is 1. The number of alkyl halides is 1. The molecule has 0 aliphatic carbocycles. The third-order valence-corrected chi connectivity index (χ3v) is 3.94. The lowest BCUT2D eigenvalue weighted by molar-refractivity contribution is -0.116. The number of benzene rings is 1. The van der Waals surface area contributed by atoms with Gasteiger partial charge in [0.15, 0.2) is 0 Å². The molecule has 2 rings (SSSR count). The number of hydrogen-bond donors (Lipinski definition) is 2. The highest BCUT2D eigenvalue weighted by Crippen LogP contribution is 2.35. The summed E-state index contributed by atoms with van der Waals surface area (Å²) in [4.78, 5) is 11.9. The van der Waals surface area contributed by atoms with Crippen LogP contribution in [-0.2, 0) is 4.79 Å². The van der Waals surface area contributed by atoms with E-state index in [1.54, 1.807) is 6.20 Å². The number of carbonyl (C=O) groups is 1. The van der Waals surface area contributed by atoms with Crippen LogP contribution in [0.4, 0.5) is 5.69 Å². The van der Waals surface area contributed by atoms with E-state index in [1.807, 2.05) is 35.7 Å². The number of thioether (sulfide) groups is 1. The molecular formula is C10H9BrN2OS. The molecule has 1 aliphatic heterocycles. The topological polar surface area (TPSA) is 41.1 Å². The molecule has 0 bridgehead atoms. The van der Waals surface area contributed by atoms with Crippen LogP contribution in [0, 0.1) is 0 Å². The maximum atomic E-state index is 11.9. The van der Waals surface area contributed by atoms with Crippen LogP contribution in [0.1, 0.15) is 0 Å². The van der Waals surface area contributed by atoms with Crippen molar-refractivity contribution in [2.45, 2.75) is 3.78 Å². The van der Waals surface area contributed by atoms with E-state index in [2.05, 4.69) is 26.6 Å². The fourth-order valence-electron chi connectivity index (χ4n) is 1.16. The van der Waals surface area contributed by atoms with Gasteiger partial charge in [0, 0.05) is 11.9 Å². The minimum Gasteiger partial charge on any atom is -0.360 e. The van der Waals surface area contributed by atoms with Crippen LogP contribution in [0.3, 0.4) is 0 Å². The van der Waals surface area contributed by atoms with Crippen molar-refractivity contribution < 1.29 is 4.79 Å². The maximum Gasteiger partial charge on any atom is 0.272 e. The Morgan fingerprint density at radius 1 is 1.40 bits per heavy atom. The summed E-state index contributed by atoms with van der Waals surface area (Å²) < 4.78 is -0.775. The molecule has 1 aromatic carbocycles. The summed E-state index contributed by atoms with van der Waals surface area (Å²) in [7, 11) is 0. The molecule has 0 spiro atoms. The minimum atomic E-state index is -0.775. The SMILES string of the molecule is O=C(Nc1ccccc1)C1(Br)NC=CS1. The van der Waals surface area contributed by atoms with Crippen molar-refractivity contribution in [3.8, 4) is 0 Å². The second kappa shape index (κ2) is 4.28. The number of para-hydroxylation sites is 1. The van der Waals surface area contributed by atoms with E-state index in [0.29, 0.717) is 0 Å². The fourth-order valence-corrected chi connectivity index (χ4v) is 2.33. The van der Waals surface area contributed by atoms with E-state index in [1.165, 1.54) is 11.8 Å². The molecule has 1 heterocycles. The summed E-state index contributed by atoms with van der Waals surface area (Å²) in [5.41, 5.74) is 0.788. The molecule has 0 aromatic heterocycles. The second-order valence-corrected chi connectivity index (χ2v) is 5.81. The van der Waals surface area contributed by atoms with Crippen LogP contribution in [0.25, 0.3) is 0 Å². The predicted octanol–water partition coefficient (Wildman–Crippen LogP) is 2.48. The molecule has 78 valence electrons. The molecule has 2 N–H and O–H groups in total. The molecular weight excluding hydrogens is 276 g/mol. The van der Waals surface area contributed by atoms with Crippen LogP contribution in [0.5, 0.6) is 0 Å². The van der Waals surface area contributed by atoms with Gasteiger partial charge in [0.2, 0.25) is 3.78 Å². The molecule has 0 saturated carbocycles. The summed E-state index contributed by atoms with van der Waals surface area (Å²) in [6.45, 7) is 0. The molecule has 1 unspecified atom stereocenters. The highest BCUT2D eigenvalue weighted by Gasteiger charge is 2.37. The zero-order chi connectivity index (χ0) is 10.7.